The molecule has 1 N–H and O–H groups in total. The highest BCUT2D eigenvalue weighted by Gasteiger charge is 2.51. The molecule has 1 heterocycles. The van der Waals surface area contributed by atoms with Crippen molar-refractivity contribution in [3.63, 3.8) is 0 Å². The summed E-state index contributed by atoms with van der Waals surface area (Å²) in [6.07, 6.45) is 0.683. The monoisotopic (exact) mass is 419 g/mol. The number of aliphatic carboxylic acids is 1. The summed E-state index contributed by atoms with van der Waals surface area (Å²) in [5.41, 5.74) is -0.515. The Balaban J connectivity index is 2.27. The maximum Gasteiger partial charge on any atom is 0.412 e. The molecule has 6 nitrogen and oxygen atoms in total. The van der Waals surface area contributed by atoms with Gasteiger partial charge in [0.1, 0.15) is 11.3 Å². The number of carbonyl (C=O) groups is 2. The fraction of sp³-hybridized carbons (Fsp3) is 0.667. The second-order valence-electron chi connectivity index (χ2n) is 10.1. The number of ether oxygens (including phenoxy) is 2. The molecule has 0 saturated carbocycles. The molecule has 1 aliphatic heterocycles. The first-order valence-electron chi connectivity index (χ1n) is 10.8. The molecule has 1 saturated heterocycles. The molecule has 3 atom stereocenters. The summed E-state index contributed by atoms with van der Waals surface area (Å²) in [5.74, 6) is -1.13. The van der Waals surface area contributed by atoms with E-state index in [-0.39, 0.29) is 12.1 Å². The highest BCUT2D eigenvalue weighted by Crippen LogP contribution is 2.39. The third-order valence-corrected chi connectivity index (χ3v) is 5.27. The van der Waals surface area contributed by atoms with Gasteiger partial charge in [0.05, 0.1) is 18.1 Å². The molecule has 30 heavy (non-hydrogen) atoms. The molecule has 0 bridgehead atoms. The third kappa shape index (κ3) is 6.46. The quantitative estimate of drug-likeness (QED) is 0.665. The minimum absolute atomic E-state index is 0.243. The van der Waals surface area contributed by atoms with Crippen LogP contribution in [0.1, 0.15) is 66.9 Å². The Morgan fingerprint density at radius 2 is 1.77 bits per heavy atom. The highest BCUT2D eigenvalue weighted by molar-refractivity contribution is 5.71. The van der Waals surface area contributed by atoms with E-state index >= 15 is 0 Å². The second-order valence-corrected chi connectivity index (χ2v) is 10.1. The zero-order valence-electron chi connectivity index (χ0n) is 19.3. The third-order valence-electron chi connectivity index (χ3n) is 5.27. The van der Waals surface area contributed by atoms with Gasteiger partial charge in [-0.2, -0.15) is 0 Å². The van der Waals surface area contributed by atoms with Crippen molar-refractivity contribution in [3.8, 4) is 0 Å². The number of amides is 1. The lowest BCUT2D eigenvalue weighted by atomic mass is 9.88. The van der Waals surface area contributed by atoms with E-state index in [1.165, 1.54) is 0 Å². The lowest BCUT2D eigenvalue weighted by Crippen LogP contribution is -2.50. The average Bonchev–Trinajstić information content (AvgIpc) is 2.82. The van der Waals surface area contributed by atoms with Gasteiger partial charge in [0.25, 0.3) is 0 Å². The van der Waals surface area contributed by atoms with Crippen LogP contribution in [0.4, 0.5) is 4.79 Å². The molecule has 1 aromatic rings. The lowest BCUT2D eigenvalue weighted by molar-refractivity contribution is -0.144. The predicted molar refractivity (Wildman–Crippen MR) is 116 cm³/mol. The fourth-order valence-electron chi connectivity index (χ4n) is 4.13. The van der Waals surface area contributed by atoms with Gasteiger partial charge in [-0.3, -0.25) is 9.69 Å². The van der Waals surface area contributed by atoms with Crippen molar-refractivity contribution < 1.29 is 24.2 Å². The van der Waals surface area contributed by atoms with E-state index in [2.05, 4.69) is 13.8 Å². The Bertz CT molecular complexity index is 723. The first-order valence-corrected chi connectivity index (χ1v) is 10.8. The maximum absolute atomic E-state index is 13.0. The van der Waals surface area contributed by atoms with E-state index in [9.17, 15) is 14.7 Å². The summed E-state index contributed by atoms with van der Waals surface area (Å²) in [5, 5.41) is 9.86. The zero-order chi connectivity index (χ0) is 22.7. The van der Waals surface area contributed by atoms with Gasteiger partial charge < -0.3 is 14.6 Å². The van der Waals surface area contributed by atoms with Crippen molar-refractivity contribution in [1.82, 2.24) is 4.90 Å². The maximum atomic E-state index is 13.0. The van der Waals surface area contributed by atoms with Gasteiger partial charge in [-0.25, -0.2) is 4.79 Å². The zero-order valence-corrected chi connectivity index (χ0v) is 19.3. The van der Waals surface area contributed by atoms with Crippen LogP contribution in [0.5, 0.6) is 0 Å². The van der Waals surface area contributed by atoms with Gasteiger partial charge in [-0.1, -0.05) is 44.2 Å². The molecule has 168 valence electrons. The van der Waals surface area contributed by atoms with Crippen molar-refractivity contribution in [1.29, 1.82) is 0 Å². The van der Waals surface area contributed by atoms with Crippen LogP contribution in [0, 0.1) is 11.8 Å². The van der Waals surface area contributed by atoms with Crippen LogP contribution in [0.3, 0.4) is 0 Å². The van der Waals surface area contributed by atoms with Crippen LogP contribution in [-0.2, 0) is 20.7 Å². The van der Waals surface area contributed by atoms with E-state index in [1.54, 1.807) is 4.90 Å². The molecule has 0 unspecified atom stereocenters. The number of carboxylic acid groups (broad SMARTS) is 1. The summed E-state index contributed by atoms with van der Waals surface area (Å²) in [7, 11) is 0. The van der Waals surface area contributed by atoms with Crippen LogP contribution >= 0.6 is 0 Å². The van der Waals surface area contributed by atoms with Crippen molar-refractivity contribution in [2.45, 2.75) is 91.2 Å². The summed E-state index contributed by atoms with van der Waals surface area (Å²) in [4.78, 5) is 26.7. The Labute approximate surface area is 180 Å². The van der Waals surface area contributed by atoms with Crippen molar-refractivity contribution in [3.05, 3.63) is 35.9 Å². The minimum atomic E-state index is -0.873. The second kappa shape index (κ2) is 9.38. The Morgan fingerprint density at radius 3 is 2.27 bits per heavy atom. The number of carboxylic acids is 1. The molecule has 1 aromatic carbocycles. The number of carbonyl (C=O) groups excluding carboxylic acids is 1. The van der Waals surface area contributed by atoms with Crippen LogP contribution in [0.15, 0.2) is 30.3 Å². The van der Waals surface area contributed by atoms with Crippen molar-refractivity contribution in [2.24, 2.45) is 11.8 Å². The normalized spacial score (nSPS) is 22.2. The fourth-order valence-corrected chi connectivity index (χ4v) is 4.13. The molecule has 0 radical (unpaired) electrons. The SMILES string of the molecule is CC(C)C[C@H]1[C@H](C[C@@H](Cc2ccccc2)C(=O)O)OC(C)(C)N1C(=O)OC(C)(C)C. The van der Waals surface area contributed by atoms with Crippen molar-refractivity contribution >= 4 is 12.1 Å². The molecular weight excluding hydrogens is 382 g/mol. The molecule has 1 amide bonds. The first kappa shape index (κ1) is 24.2. The van der Waals surface area contributed by atoms with Crippen LogP contribution in [0.25, 0.3) is 0 Å². The molecule has 2 rings (SSSR count). The molecule has 0 aliphatic carbocycles. The number of nitrogens with zero attached hydrogens (tertiary/aromatic N) is 1. The predicted octanol–water partition coefficient (Wildman–Crippen LogP) is 5.11. The standard InChI is InChI=1S/C24H37NO5/c1-16(2)13-19-20(15-18(21(26)27)14-17-11-9-8-10-12-17)29-24(6,7)25(19)22(28)30-23(3,4)5/h8-12,16,18-20H,13-15H2,1-7H3,(H,26,27)/t18-,19+,20+/m1/s1. The summed E-state index contributed by atoms with van der Waals surface area (Å²) in [6.45, 7) is 13.4. The van der Waals surface area contributed by atoms with Gasteiger partial charge >= 0.3 is 12.1 Å². The lowest BCUT2D eigenvalue weighted by Gasteiger charge is -2.35. The van der Waals surface area contributed by atoms with Crippen LogP contribution in [-0.4, -0.2) is 45.5 Å². The van der Waals surface area contributed by atoms with Gasteiger partial charge in [-0.15, -0.1) is 0 Å². The minimum Gasteiger partial charge on any atom is -0.481 e. The number of hydrogen-bond donors (Lipinski definition) is 1. The summed E-state index contributed by atoms with van der Waals surface area (Å²) < 4.78 is 11.9. The number of rotatable bonds is 7. The Hall–Kier alpha value is -2.08. The molecule has 0 aromatic heterocycles. The van der Waals surface area contributed by atoms with E-state index in [4.69, 9.17) is 9.47 Å². The average molecular weight is 420 g/mol. The molecule has 6 heteroatoms. The molecule has 0 spiro atoms. The molecule has 1 fully saturated rings. The van der Waals surface area contributed by atoms with Crippen LogP contribution in [0.2, 0.25) is 0 Å². The van der Waals surface area contributed by atoms with Gasteiger partial charge in [0, 0.05) is 0 Å². The summed E-state index contributed by atoms with van der Waals surface area (Å²) >= 11 is 0. The molecule has 1 aliphatic rings. The largest absolute Gasteiger partial charge is 0.481 e. The van der Waals surface area contributed by atoms with E-state index in [0.717, 1.165) is 5.56 Å². The summed E-state index contributed by atoms with van der Waals surface area (Å²) in [6, 6.07) is 9.37. The molecular formula is C24H37NO5. The Kier molecular flexibility index (Phi) is 7.56. The van der Waals surface area contributed by atoms with Gasteiger partial charge in [0.2, 0.25) is 0 Å². The van der Waals surface area contributed by atoms with Crippen LogP contribution < -0.4 is 0 Å². The van der Waals surface area contributed by atoms with E-state index in [0.29, 0.717) is 25.2 Å². The van der Waals surface area contributed by atoms with Gasteiger partial charge in [-0.05, 0) is 65.4 Å². The smallest absolute Gasteiger partial charge is 0.412 e. The van der Waals surface area contributed by atoms with E-state index < -0.39 is 29.3 Å². The highest BCUT2D eigenvalue weighted by atomic mass is 16.6. The number of benzene rings is 1. The first-order chi connectivity index (χ1) is 13.8. The number of hydrogen-bond acceptors (Lipinski definition) is 4. The Morgan fingerprint density at radius 1 is 1.17 bits per heavy atom. The van der Waals surface area contributed by atoms with E-state index in [1.807, 2.05) is 65.0 Å². The van der Waals surface area contributed by atoms with Crippen molar-refractivity contribution in [2.75, 3.05) is 0 Å². The van der Waals surface area contributed by atoms with Gasteiger partial charge in [0.15, 0.2) is 0 Å². The topological polar surface area (TPSA) is 76.1 Å².